The standard InChI is InChI=1S/C11H16OS2/c1-4-11(2,3)7-5-8(13)10(12)9(14)6-7/h5-6,12-14H,4H2,1-3H3. The maximum atomic E-state index is 9.52. The van der Waals surface area contributed by atoms with Crippen LogP contribution in [0.4, 0.5) is 0 Å². The van der Waals surface area contributed by atoms with Crippen molar-refractivity contribution in [3.63, 3.8) is 0 Å². The highest BCUT2D eigenvalue weighted by Gasteiger charge is 2.19. The Labute approximate surface area is 96.4 Å². The summed E-state index contributed by atoms with van der Waals surface area (Å²) in [4.78, 5) is 1.18. The lowest BCUT2D eigenvalue weighted by molar-refractivity contribution is 0.444. The van der Waals surface area contributed by atoms with Gasteiger partial charge in [-0.15, -0.1) is 25.3 Å². The van der Waals surface area contributed by atoms with Gasteiger partial charge in [0.15, 0.2) is 0 Å². The van der Waals surface area contributed by atoms with E-state index in [1.54, 1.807) is 0 Å². The highest BCUT2D eigenvalue weighted by molar-refractivity contribution is 7.81. The number of hydrogen-bond donors (Lipinski definition) is 3. The summed E-state index contributed by atoms with van der Waals surface area (Å²) in [5.41, 5.74) is 1.26. The number of rotatable bonds is 2. The largest absolute Gasteiger partial charge is 0.506 e. The van der Waals surface area contributed by atoms with E-state index in [1.807, 2.05) is 12.1 Å². The molecule has 1 aromatic carbocycles. The van der Waals surface area contributed by atoms with Crippen molar-refractivity contribution in [1.82, 2.24) is 0 Å². The fourth-order valence-corrected chi connectivity index (χ4v) is 1.81. The van der Waals surface area contributed by atoms with Crippen LogP contribution in [0.3, 0.4) is 0 Å². The average Bonchev–Trinajstić information content (AvgIpc) is 2.13. The SMILES string of the molecule is CCC(C)(C)c1cc(S)c(O)c(S)c1. The molecule has 1 N–H and O–H groups in total. The van der Waals surface area contributed by atoms with Crippen LogP contribution in [0.5, 0.6) is 5.75 Å². The lowest BCUT2D eigenvalue weighted by Gasteiger charge is -2.24. The molecule has 0 radical (unpaired) electrons. The normalized spacial score (nSPS) is 11.8. The zero-order valence-corrected chi connectivity index (χ0v) is 10.5. The molecule has 0 saturated carbocycles. The number of benzene rings is 1. The van der Waals surface area contributed by atoms with Crippen molar-refractivity contribution in [1.29, 1.82) is 0 Å². The molecule has 1 rings (SSSR count). The van der Waals surface area contributed by atoms with Crippen molar-refractivity contribution < 1.29 is 5.11 Å². The van der Waals surface area contributed by atoms with Gasteiger partial charge in [0, 0.05) is 9.79 Å². The summed E-state index contributed by atoms with van der Waals surface area (Å²) in [6.07, 6.45) is 1.04. The van der Waals surface area contributed by atoms with Gasteiger partial charge < -0.3 is 5.11 Å². The molecule has 78 valence electrons. The molecule has 0 fully saturated rings. The number of thiol groups is 2. The molecule has 0 saturated heterocycles. The molecule has 0 unspecified atom stereocenters. The summed E-state index contributed by atoms with van der Waals surface area (Å²) in [7, 11) is 0. The predicted molar refractivity (Wildman–Crippen MR) is 65.9 cm³/mol. The van der Waals surface area contributed by atoms with Crippen LogP contribution in [0.15, 0.2) is 21.9 Å². The molecule has 0 spiro atoms. The molecular formula is C11H16OS2. The van der Waals surface area contributed by atoms with Crippen LogP contribution in [0, 0.1) is 0 Å². The summed E-state index contributed by atoms with van der Waals surface area (Å²) in [5, 5.41) is 9.52. The molecule has 0 aliphatic heterocycles. The number of aromatic hydroxyl groups is 1. The Morgan fingerprint density at radius 2 is 1.64 bits per heavy atom. The maximum absolute atomic E-state index is 9.52. The minimum Gasteiger partial charge on any atom is -0.506 e. The van der Waals surface area contributed by atoms with E-state index >= 15 is 0 Å². The molecule has 0 amide bonds. The van der Waals surface area contributed by atoms with Crippen molar-refractivity contribution in [2.75, 3.05) is 0 Å². The third-order valence-corrected chi connectivity index (χ3v) is 3.42. The molecule has 0 bridgehead atoms. The van der Waals surface area contributed by atoms with Gasteiger partial charge in [-0.05, 0) is 29.5 Å². The fraction of sp³-hybridized carbons (Fsp3) is 0.455. The summed E-state index contributed by atoms with van der Waals surface area (Å²) in [5.74, 6) is 0.160. The van der Waals surface area contributed by atoms with Gasteiger partial charge in [0.1, 0.15) is 5.75 Å². The van der Waals surface area contributed by atoms with Gasteiger partial charge in [0.2, 0.25) is 0 Å². The van der Waals surface area contributed by atoms with E-state index in [-0.39, 0.29) is 11.2 Å². The van der Waals surface area contributed by atoms with E-state index < -0.39 is 0 Å². The van der Waals surface area contributed by atoms with E-state index in [4.69, 9.17) is 0 Å². The Morgan fingerprint density at radius 3 is 2.00 bits per heavy atom. The van der Waals surface area contributed by atoms with Crippen LogP contribution >= 0.6 is 25.3 Å². The van der Waals surface area contributed by atoms with E-state index in [1.165, 1.54) is 0 Å². The molecule has 0 aromatic heterocycles. The first kappa shape index (κ1) is 11.8. The first-order valence-corrected chi connectivity index (χ1v) is 5.53. The van der Waals surface area contributed by atoms with Gasteiger partial charge in [-0.3, -0.25) is 0 Å². The summed E-state index contributed by atoms with van der Waals surface area (Å²) in [6, 6.07) is 3.81. The molecule has 1 aromatic rings. The topological polar surface area (TPSA) is 20.2 Å². The van der Waals surface area contributed by atoms with Gasteiger partial charge in [0.05, 0.1) is 0 Å². The highest BCUT2D eigenvalue weighted by atomic mass is 32.1. The molecule has 1 nitrogen and oxygen atoms in total. The van der Waals surface area contributed by atoms with Crippen molar-refractivity contribution in [2.45, 2.75) is 42.4 Å². The van der Waals surface area contributed by atoms with E-state index in [9.17, 15) is 5.11 Å². The maximum Gasteiger partial charge on any atom is 0.142 e. The Hall–Kier alpha value is -0.280. The van der Waals surface area contributed by atoms with Gasteiger partial charge in [-0.2, -0.15) is 0 Å². The first-order chi connectivity index (χ1) is 6.38. The minimum absolute atomic E-state index is 0.0999. The lowest BCUT2D eigenvalue weighted by atomic mass is 9.82. The van der Waals surface area contributed by atoms with Crippen molar-refractivity contribution in [2.24, 2.45) is 0 Å². The quantitative estimate of drug-likeness (QED) is 0.660. The average molecular weight is 228 g/mol. The van der Waals surface area contributed by atoms with Crippen LogP contribution in [0.1, 0.15) is 32.8 Å². The Balaban J connectivity index is 3.26. The zero-order chi connectivity index (χ0) is 10.9. The van der Waals surface area contributed by atoms with Crippen LogP contribution in [-0.4, -0.2) is 5.11 Å². The van der Waals surface area contributed by atoms with Crippen molar-refractivity contribution >= 4 is 25.3 Å². The minimum atomic E-state index is 0.0999. The van der Waals surface area contributed by atoms with Gasteiger partial charge in [0.25, 0.3) is 0 Å². The number of phenols is 1. The Bertz CT molecular complexity index is 322. The summed E-state index contributed by atoms with van der Waals surface area (Å²) < 4.78 is 0. The van der Waals surface area contributed by atoms with Gasteiger partial charge in [-0.25, -0.2) is 0 Å². The van der Waals surface area contributed by atoms with Gasteiger partial charge in [-0.1, -0.05) is 20.8 Å². The number of phenolic OH excluding ortho intramolecular Hbond substituents is 1. The van der Waals surface area contributed by atoms with Crippen molar-refractivity contribution in [3.8, 4) is 5.75 Å². The van der Waals surface area contributed by atoms with Crippen LogP contribution in [-0.2, 0) is 5.41 Å². The van der Waals surface area contributed by atoms with E-state index in [0.29, 0.717) is 9.79 Å². The fourth-order valence-electron chi connectivity index (χ4n) is 1.20. The predicted octanol–water partition coefficient (Wildman–Crippen LogP) is 3.66. The molecule has 0 aliphatic carbocycles. The molecule has 3 heteroatoms. The summed E-state index contributed by atoms with van der Waals surface area (Å²) >= 11 is 8.42. The van der Waals surface area contributed by atoms with Crippen LogP contribution in [0.25, 0.3) is 0 Å². The van der Waals surface area contributed by atoms with Crippen LogP contribution in [0.2, 0.25) is 0 Å². The molecule has 0 heterocycles. The van der Waals surface area contributed by atoms with E-state index in [2.05, 4.69) is 46.0 Å². The Kier molecular flexibility index (Phi) is 3.43. The zero-order valence-electron chi connectivity index (χ0n) is 8.70. The Morgan fingerprint density at radius 1 is 1.21 bits per heavy atom. The number of hydrogen-bond acceptors (Lipinski definition) is 3. The first-order valence-electron chi connectivity index (χ1n) is 4.64. The highest BCUT2D eigenvalue weighted by Crippen LogP contribution is 2.36. The lowest BCUT2D eigenvalue weighted by Crippen LogP contribution is -2.15. The molecular weight excluding hydrogens is 212 g/mol. The van der Waals surface area contributed by atoms with Gasteiger partial charge >= 0.3 is 0 Å². The second-order valence-corrected chi connectivity index (χ2v) is 5.06. The molecule has 0 aliphatic rings. The second-order valence-electron chi connectivity index (χ2n) is 4.10. The summed E-state index contributed by atoms with van der Waals surface area (Å²) in [6.45, 7) is 6.48. The van der Waals surface area contributed by atoms with E-state index in [0.717, 1.165) is 12.0 Å². The second kappa shape index (κ2) is 4.07. The molecule has 0 atom stereocenters. The monoisotopic (exact) mass is 228 g/mol. The molecule has 14 heavy (non-hydrogen) atoms. The smallest absolute Gasteiger partial charge is 0.142 e. The third kappa shape index (κ3) is 2.20. The third-order valence-electron chi connectivity index (χ3n) is 2.74. The van der Waals surface area contributed by atoms with Crippen LogP contribution < -0.4 is 0 Å². The van der Waals surface area contributed by atoms with Crippen molar-refractivity contribution in [3.05, 3.63) is 17.7 Å².